The van der Waals surface area contributed by atoms with Gasteiger partial charge < -0.3 is 9.31 Å². The monoisotopic (exact) mass is 1110 g/mol. The first-order valence-electron chi connectivity index (χ1n) is 18.8. The van der Waals surface area contributed by atoms with Gasteiger partial charge in [-0.05, 0) is 5.92 Å². The summed E-state index contributed by atoms with van der Waals surface area (Å²) < 4.78 is 477. The Morgan fingerprint density at radius 1 is 0.189 bits per heavy atom. The van der Waals surface area contributed by atoms with Gasteiger partial charge in [0, 0.05) is 0 Å². The highest BCUT2D eigenvalue weighted by Crippen LogP contribution is 2.35. The molecule has 6 aromatic rings. The summed E-state index contributed by atoms with van der Waals surface area (Å²) in [5.41, 5.74) is -23.1. The van der Waals surface area contributed by atoms with E-state index in [1.807, 2.05) is 0 Å². The summed E-state index contributed by atoms with van der Waals surface area (Å²) in [6.45, 7) is -0.0325. The third-order valence-electron chi connectivity index (χ3n) is 11.1. The molecule has 398 valence electrons. The quantitative estimate of drug-likeness (QED) is 0.0424. The second kappa shape index (κ2) is 19.2. The highest BCUT2D eigenvalue weighted by Gasteiger charge is 2.54. The topological polar surface area (TPSA) is 18.5 Å². The van der Waals surface area contributed by atoms with Crippen molar-refractivity contribution >= 4 is 45.5 Å². The molecule has 0 unspecified atom stereocenters. The molecule has 0 aromatic heterocycles. The zero-order valence-electron chi connectivity index (χ0n) is 34.5. The number of rotatable bonds is 11. The zero-order valence-corrected chi connectivity index (χ0v) is 34.5. The second-order valence-electron chi connectivity index (χ2n) is 15.4. The van der Waals surface area contributed by atoms with Crippen molar-refractivity contribution in [1.82, 2.24) is 0 Å². The molecule has 0 fully saturated rings. The molecule has 0 amide bonds. The fourth-order valence-electron chi connectivity index (χ4n) is 7.90. The number of benzene rings is 6. The maximum absolute atomic E-state index is 16.3. The van der Waals surface area contributed by atoms with Gasteiger partial charge in [0.1, 0.15) is 69.8 Å². The van der Waals surface area contributed by atoms with E-state index in [-0.39, 0.29) is 13.8 Å². The van der Waals surface area contributed by atoms with E-state index in [0.717, 1.165) is 0 Å². The molecule has 0 heterocycles. The third kappa shape index (κ3) is 7.69. The predicted molar refractivity (Wildman–Crippen MR) is 188 cm³/mol. The van der Waals surface area contributed by atoms with Crippen LogP contribution in [-0.2, 0) is 9.31 Å². The van der Waals surface area contributed by atoms with E-state index in [1.54, 1.807) is 0 Å². The van der Waals surface area contributed by atoms with Crippen LogP contribution in [-0.4, -0.2) is 19.0 Å². The minimum Gasteiger partial charge on any atom is -0.558 e. The summed E-state index contributed by atoms with van der Waals surface area (Å²) in [6, 6.07) is 0. The van der Waals surface area contributed by atoms with Gasteiger partial charge in [-0.1, -0.05) is 46.6 Å². The first-order chi connectivity index (χ1) is 34.1. The van der Waals surface area contributed by atoms with Crippen LogP contribution in [0.25, 0.3) is 0 Å². The average molecular weight is 1110 g/mol. The molecule has 0 bridgehead atoms. The Kier molecular flexibility index (Phi) is 14.7. The van der Waals surface area contributed by atoms with Gasteiger partial charge in [0.25, 0.3) is 0 Å². The fourth-order valence-corrected chi connectivity index (χ4v) is 7.90. The van der Waals surface area contributed by atoms with E-state index in [2.05, 4.69) is 0 Å². The lowest BCUT2D eigenvalue weighted by Crippen LogP contribution is -2.79. The van der Waals surface area contributed by atoms with Crippen molar-refractivity contribution < 1.29 is 141 Å². The van der Waals surface area contributed by atoms with Crippen molar-refractivity contribution in [3.63, 3.8) is 0 Å². The van der Waals surface area contributed by atoms with Crippen molar-refractivity contribution in [2.45, 2.75) is 20.1 Å². The number of hydrogen-bond donors (Lipinski definition) is 0. The Morgan fingerprint density at radius 2 is 0.284 bits per heavy atom. The Bertz CT molecular complexity index is 2690. The standard InChI is InChI=1S/C40H8B2F30O2/c1-3(2)40(73-41(4-10(43)22(55)34(67)23(56)11(4)44,5-12(45)24(57)35(68)25(58)13(5)46)6-14(47)26(59)36(69)27(60)15(6)48)74-42(7-16(49)28(61)37(70)29(62)17(7)50,8-18(51)30(63)38(71)31(64)19(8)52)9-20(53)32(65)39(72)33(66)21(9)54/h3,40H,1-2H3/q-2. The Morgan fingerprint density at radius 3 is 0.378 bits per heavy atom. The van der Waals surface area contributed by atoms with Gasteiger partial charge in [0.15, 0.2) is 105 Å². The van der Waals surface area contributed by atoms with Gasteiger partial charge in [-0.3, -0.25) is 0 Å². The van der Waals surface area contributed by atoms with Gasteiger partial charge in [-0.25, -0.2) is 132 Å². The smallest absolute Gasteiger partial charge is 0.218 e. The molecule has 0 aliphatic rings. The van der Waals surface area contributed by atoms with Gasteiger partial charge in [0.05, 0.1) is 6.29 Å². The van der Waals surface area contributed by atoms with Crippen LogP contribution in [0.3, 0.4) is 0 Å². The minimum atomic E-state index is -7.69. The molecular weight excluding hydrogens is 1100 g/mol. The lowest BCUT2D eigenvalue weighted by Gasteiger charge is -2.53. The summed E-state index contributed by atoms with van der Waals surface area (Å²) in [6.07, 6.45) is -20.1. The highest BCUT2D eigenvalue weighted by atomic mass is 19.2. The Hall–Kier alpha value is -6.73. The fraction of sp³-hybridized carbons (Fsp3) is 0.100. The van der Waals surface area contributed by atoms with E-state index >= 15 is 105 Å². The molecule has 0 saturated heterocycles. The van der Waals surface area contributed by atoms with Crippen molar-refractivity contribution in [3.05, 3.63) is 175 Å². The Labute approximate surface area is 387 Å². The number of halogens is 30. The van der Waals surface area contributed by atoms with E-state index in [1.165, 1.54) is 0 Å². The maximum Gasteiger partial charge on any atom is 0.218 e. The lowest BCUT2D eigenvalue weighted by atomic mass is 9.26. The van der Waals surface area contributed by atoms with Crippen LogP contribution < -0.4 is 32.8 Å². The Balaban J connectivity index is 2.07. The van der Waals surface area contributed by atoms with Crippen LogP contribution in [0.2, 0.25) is 0 Å². The summed E-state index contributed by atoms with van der Waals surface area (Å²) in [4.78, 5) is 0. The first kappa shape index (κ1) is 56.6. The van der Waals surface area contributed by atoms with Crippen LogP contribution in [0.1, 0.15) is 13.8 Å². The minimum absolute atomic E-state index is 0.0163. The van der Waals surface area contributed by atoms with E-state index < -0.39 is 232 Å². The van der Waals surface area contributed by atoms with E-state index in [9.17, 15) is 26.3 Å². The molecule has 34 heteroatoms. The molecule has 0 aliphatic carbocycles. The first-order valence-corrected chi connectivity index (χ1v) is 18.8. The summed E-state index contributed by atoms with van der Waals surface area (Å²) >= 11 is 0. The van der Waals surface area contributed by atoms with Crippen LogP contribution in [0.15, 0.2) is 0 Å². The molecule has 2 nitrogen and oxygen atoms in total. The molecule has 0 spiro atoms. The van der Waals surface area contributed by atoms with Crippen molar-refractivity contribution in [2.75, 3.05) is 0 Å². The third-order valence-corrected chi connectivity index (χ3v) is 11.1. The maximum atomic E-state index is 16.3. The normalized spacial score (nSPS) is 12.4. The predicted octanol–water partition coefficient (Wildman–Crippen LogP) is 9.51. The number of hydrogen-bond acceptors (Lipinski definition) is 2. The average Bonchev–Trinajstić information content (AvgIpc) is 3.35. The van der Waals surface area contributed by atoms with Gasteiger partial charge in [-0.2, -0.15) is 0 Å². The zero-order chi connectivity index (χ0) is 56.4. The molecule has 6 rings (SSSR count). The van der Waals surface area contributed by atoms with Crippen molar-refractivity contribution in [3.8, 4) is 0 Å². The molecule has 0 radical (unpaired) electrons. The van der Waals surface area contributed by atoms with Crippen molar-refractivity contribution in [1.29, 1.82) is 0 Å². The summed E-state index contributed by atoms with van der Waals surface area (Å²) in [5.74, 6) is -118. The van der Waals surface area contributed by atoms with Gasteiger partial charge in [0.2, 0.25) is 12.7 Å². The highest BCUT2D eigenvalue weighted by molar-refractivity contribution is 7.08. The second-order valence-corrected chi connectivity index (χ2v) is 15.4. The largest absolute Gasteiger partial charge is 0.558 e. The molecular formula is C40H8B2F30O2-2. The summed E-state index contributed by atoms with van der Waals surface area (Å²) in [7, 11) is 0. The van der Waals surface area contributed by atoms with E-state index in [0.29, 0.717) is 0 Å². The van der Waals surface area contributed by atoms with Gasteiger partial charge >= 0.3 is 0 Å². The molecule has 74 heavy (non-hydrogen) atoms. The lowest BCUT2D eigenvalue weighted by molar-refractivity contribution is -0.0367. The molecule has 0 aliphatic heterocycles. The molecule has 6 aromatic carbocycles. The van der Waals surface area contributed by atoms with Crippen LogP contribution in [0, 0.1) is 180 Å². The SMILES string of the molecule is CC(C)C(O[B-](c1c(F)c(F)c(F)c(F)c1F)(c1c(F)c(F)c(F)c(F)c1F)c1c(F)c(F)c(F)c(F)c1F)O[B-](c1c(F)c(F)c(F)c(F)c1F)(c1c(F)c(F)c(F)c(F)c1F)c1c(F)c(F)c(F)c(F)c1F. The molecule has 0 atom stereocenters. The van der Waals surface area contributed by atoms with Crippen LogP contribution in [0.5, 0.6) is 0 Å². The summed E-state index contributed by atoms with van der Waals surface area (Å²) in [5, 5.41) is 0. The van der Waals surface area contributed by atoms with Gasteiger partial charge in [-0.15, -0.1) is 0 Å². The molecule has 0 N–H and O–H groups in total. The van der Waals surface area contributed by atoms with E-state index in [4.69, 9.17) is 9.31 Å². The molecule has 0 saturated carbocycles. The van der Waals surface area contributed by atoms with Crippen molar-refractivity contribution in [2.24, 2.45) is 5.92 Å². The van der Waals surface area contributed by atoms with Crippen LogP contribution >= 0.6 is 0 Å². The van der Waals surface area contributed by atoms with Crippen LogP contribution in [0.4, 0.5) is 132 Å².